The van der Waals surface area contributed by atoms with E-state index in [2.05, 4.69) is 32.9 Å². The fourth-order valence-corrected chi connectivity index (χ4v) is 2.30. The molecule has 0 radical (unpaired) electrons. The van der Waals surface area contributed by atoms with E-state index in [4.69, 9.17) is 0 Å². The van der Waals surface area contributed by atoms with Crippen molar-refractivity contribution >= 4 is 21.6 Å². The van der Waals surface area contributed by atoms with E-state index >= 15 is 0 Å². The first-order chi connectivity index (χ1) is 5.79. The smallest absolute Gasteiger partial charge is 0.0727 e. The minimum absolute atomic E-state index is 1.11. The molecule has 2 rings (SSSR count). The van der Waals surface area contributed by atoms with Gasteiger partial charge in [0, 0.05) is 24.3 Å². The predicted octanol–water partition coefficient (Wildman–Crippen LogP) is 2.23. The molecule has 1 aliphatic heterocycles. The van der Waals surface area contributed by atoms with Gasteiger partial charge in [0.05, 0.1) is 11.4 Å². The number of hydrogen-bond acceptors (Lipinski definition) is 2. The van der Waals surface area contributed by atoms with Gasteiger partial charge in [0.25, 0.3) is 0 Å². The highest BCUT2D eigenvalue weighted by atomic mass is 79.9. The number of nitrogens with zero attached hydrogens (tertiary/aromatic N) is 2. The van der Waals surface area contributed by atoms with Gasteiger partial charge < -0.3 is 4.90 Å². The Bertz CT molecular complexity index is 299. The maximum absolute atomic E-state index is 4.36. The largest absolute Gasteiger partial charge is 0.372 e. The summed E-state index contributed by atoms with van der Waals surface area (Å²) in [5, 5.41) is 0. The summed E-state index contributed by atoms with van der Waals surface area (Å²) < 4.78 is 1.16. The van der Waals surface area contributed by atoms with Gasteiger partial charge in [-0.1, -0.05) is 0 Å². The second-order valence-corrected chi connectivity index (χ2v) is 3.97. The maximum atomic E-state index is 4.36. The summed E-state index contributed by atoms with van der Waals surface area (Å²) in [5.41, 5.74) is 2.49. The molecule has 1 aromatic heterocycles. The van der Waals surface area contributed by atoms with Crippen molar-refractivity contribution in [3.8, 4) is 0 Å². The third kappa shape index (κ3) is 1.22. The number of anilines is 1. The normalized spacial score (nSPS) is 16.0. The van der Waals surface area contributed by atoms with Gasteiger partial charge in [-0.05, 0) is 34.8 Å². The fraction of sp³-hybridized carbons (Fsp3) is 0.444. The Balaban J connectivity index is 2.53. The summed E-state index contributed by atoms with van der Waals surface area (Å²) in [6, 6.07) is 2.00. The van der Waals surface area contributed by atoms with Crippen LogP contribution >= 0.6 is 15.9 Å². The summed E-state index contributed by atoms with van der Waals surface area (Å²) in [4.78, 5) is 6.62. The first kappa shape index (κ1) is 8.05. The van der Waals surface area contributed by atoms with Crippen molar-refractivity contribution < 1.29 is 0 Å². The van der Waals surface area contributed by atoms with Crippen molar-refractivity contribution in [3.63, 3.8) is 0 Å². The van der Waals surface area contributed by atoms with E-state index in [1.54, 1.807) is 0 Å². The molecule has 0 bridgehead atoms. The van der Waals surface area contributed by atoms with E-state index in [1.807, 2.05) is 12.3 Å². The molecule has 0 N–H and O–H groups in total. The van der Waals surface area contributed by atoms with Crippen molar-refractivity contribution in [2.75, 3.05) is 18.5 Å². The molecule has 0 atom stereocenters. The standard InChI is InChI=1S/C9H11BrN2/c1-12-6-2-3-8-9(12)7(10)4-5-11-8/h4-5H,2-3,6H2,1H3. The first-order valence-electron chi connectivity index (χ1n) is 4.13. The number of halogens is 1. The molecule has 0 saturated carbocycles. The number of fused-ring (bicyclic) bond motifs is 1. The van der Waals surface area contributed by atoms with Gasteiger partial charge in [-0.3, -0.25) is 4.98 Å². The van der Waals surface area contributed by atoms with Crippen LogP contribution in [-0.4, -0.2) is 18.6 Å². The first-order valence-corrected chi connectivity index (χ1v) is 4.93. The Kier molecular flexibility index (Phi) is 2.05. The van der Waals surface area contributed by atoms with E-state index < -0.39 is 0 Å². The Hall–Kier alpha value is -0.570. The lowest BCUT2D eigenvalue weighted by molar-refractivity contribution is 0.723. The Morgan fingerprint density at radius 1 is 1.58 bits per heavy atom. The lowest BCUT2D eigenvalue weighted by Gasteiger charge is -2.27. The van der Waals surface area contributed by atoms with Crippen LogP contribution in [0.4, 0.5) is 5.69 Å². The van der Waals surface area contributed by atoms with E-state index in [9.17, 15) is 0 Å². The zero-order chi connectivity index (χ0) is 8.55. The van der Waals surface area contributed by atoms with Crippen molar-refractivity contribution in [1.82, 2.24) is 4.98 Å². The highest BCUT2D eigenvalue weighted by Crippen LogP contribution is 2.31. The molecule has 0 aromatic carbocycles. The van der Waals surface area contributed by atoms with Crippen LogP contribution in [0.1, 0.15) is 12.1 Å². The number of rotatable bonds is 0. The average molecular weight is 227 g/mol. The fourth-order valence-electron chi connectivity index (χ4n) is 1.65. The molecule has 2 heterocycles. The molecule has 0 fully saturated rings. The molecule has 0 aliphatic carbocycles. The zero-order valence-electron chi connectivity index (χ0n) is 7.05. The lowest BCUT2D eigenvalue weighted by Crippen LogP contribution is -2.25. The molecule has 1 aromatic rings. The predicted molar refractivity (Wildman–Crippen MR) is 53.5 cm³/mol. The van der Waals surface area contributed by atoms with Gasteiger partial charge in [-0.15, -0.1) is 0 Å². The van der Waals surface area contributed by atoms with Crippen molar-refractivity contribution in [3.05, 3.63) is 22.4 Å². The molecule has 12 heavy (non-hydrogen) atoms. The minimum Gasteiger partial charge on any atom is -0.372 e. The van der Waals surface area contributed by atoms with E-state index in [0.717, 1.165) is 17.4 Å². The van der Waals surface area contributed by atoms with Crippen LogP contribution in [0.3, 0.4) is 0 Å². The van der Waals surface area contributed by atoms with Gasteiger partial charge in [0.1, 0.15) is 0 Å². The van der Waals surface area contributed by atoms with E-state index in [1.165, 1.54) is 17.8 Å². The van der Waals surface area contributed by atoms with Gasteiger partial charge in [0.2, 0.25) is 0 Å². The molecular weight excluding hydrogens is 216 g/mol. The maximum Gasteiger partial charge on any atom is 0.0727 e. The second kappa shape index (κ2) is 3.05. The molecule has 64 valence electrons. The Labute approximate surface area is 80.7 Å². The van der Waals surface area contributed by atoms with Crippen molar-refractivity contribution in [2.45, 2.75) is 12.8 Å². The van der Waals surface area contributed by atoms with Gasteiger partial charge >= 0.3 is 0 Å². The number of hydrogen-bond donors (Lipinski definition) is 0. The second-order valence-electron chi connectivity index (χ2n) is 3.11. The topological polar surface area (TPSA) is 16.1 Å². The zero-order valence-corrected chi connectivity index (χ0v) is 8.63. The van der Waals surface area contributed by atoms with Crippen molar-refractivity contribution in [2.24, 2.45) is 0 Å². The summed E-state index contributed by atoms with van der Waals surface area (Å²) in [6.07, 6.45) is 4.19. The van der Waals surface area contributed by atoms with Crippen LogP contribution in [0.25, 0.3) is 0 Å². The van der Waals surface area contributed by atoms with Gasteiger partial charge in [-0.2, -0.15) is 0 Å². The Morgan fingerprint density at radius 3 is 3.17 bits per heavy atom. The van der Waals surface area contributed by atoms with Crippen LogP contribution < -0.4 is 4.90 Å². The molecule has 0 unspecified atom stereocenters. The number of aromatic nitrogens is 1. The SMILES string of the molecule is CN1CCCc2nccc(Br)c21. The van der Waals surface area contributed by atoms with Crippen LogP contribution in [0.5, 0.6) is 0 Å². The van der Waals surface area contributed by atoms with Crippen LogP contribution in [0.2, 0.25) is 0 Å². The molecule has 0 saturated heterocycles. The summed E-state index contributed by atoms with van der Waals surface area (Å²) in [6.45, 7) is 1.14. The molecule has 0 spiro atoms. The number of aryl methyl sites for hydroxylation is 1. The van der Waals surface area contributed by atoms with Crippen LogP contribution in [0.15, 0.2) is 16.7 Å². The monoisotopic (exact) mass is 226 g/mol. The summed E-state index contributed by atoms with van der Waals surface area (Å²) in [7, 11) is 2.12. The molecule has 0 amide bonds. The van der Waals surface area contributed by atoms with Gasteiger partial charge in [-0.25, -0.2) is 0 Å². The van der Waals surface area contributed by atoms with E-state index in [-0.39, 0.29) is 0 Å². The van der Waals surface area contributed by atoms with Gasteiger partial charge in [0.15, 0.2) is 0 Å². The number of pyridine rings is 1. The van der Waals surface area contributed by atoms with Crippen LogP contribution in [-0.2, 0) is 6.42 Å². The molecule has 1 aliphatic rings. The third-order valence-corrected chi connectivity index (χ3v) is 2.88. The quantitative estimate of drug-likeness (QED) is 0.675. The van der Waals surface area contributed by atoms with Crippen molar-refractivity contribution in [1.29, 1.82) is 0 Å². The third-order valence-electron chi connectivity index (χ3n) is 2.24. The lowest BCUT2D eigenvalue weighted by atomic mass is 10.1. The summed E-state index contributed by atoms with van der Waals surface area (Å²) >= 11 is 3.54. The molecule has 2 nitrogen and oxygen atoms in total. The highest BCUT2D eigenvalue weighted by molar-refractivity contribution is 9.10. The Morgan fingerprint density at radius 2 is 2.42 bits per heavy atom. The highest BCUT2D eigenvalue weighted by Gasteiger charge is 2.16. The molecule has 3 heteroatoms. The minimum atomic E-state index is 1.11. The average Bonchev–Trinajstić information content (AvgIpc) is 2.04. The summed E-state index contributed by atoms with van der Waals surface area (Å²) in [5.74, 6) is 0. The van der Waals surface area contributed by atoms with E-state index in [0.29, 0.717) is 0 Å². The van der Waals surface area contributed by atoms with Crippen LogP contribution in [0, 0.1) is 0 Å². The molecular formula is C9H11BrN2.